The summed E-state index contributed by atoms with van der Waals surface area (Å²) >= 11 is 0. The lowest BCUT2D eigenvalue weighted by molar-refractivity contribution is 0.0697. The molecule has 0 radical (unpaired) electrons. The maximum absolute atomic E-state index is 11.7. The minimum atomic E-state index is -0.917. The SMILES string of the molecule is CCC1CCC(c2ccccc2-c2cccc(C(=O)O)c2)=NC(C)(c2ccccc2)C1c1ccccc1. The number of hydrogen-bond acceptors (Lipinski definition) is 2. The summed E-state index contributed by atoms with van der Waals surface area (Å²) in [5, 5.41) is 9.58. The fraction of sp³-hybridized carbons (Fsp3) is 0.235. The number of benzene rings is 4. The summed E-state index contributed by atoms with van der Waals surface area (Å²) < 4.78 is 0. The maximum Gasteiger partial charge on any atom is 0.335 e. The summed E-state index contributed by atoms with van der Waals surface area (Å²) in [6, 6.07) is 37.0. The summed E-state index contributed by atoms with van der Waals surface area (Å²) in [6.07, 6.45) is 2.99. The van der Waals surface area contributed by atoms with Crippen LogP contribution in [0.15, 0.2) is 114 Å². The third-order valence-electron chi connectivity index (χ3n) is 7.90. The van der Waals surface area contributed by atoms with Gasteiger partial charge >= 0.3 is 5.97 Å². The van der Waals surface area contributed by atoms with Crippen molar-refractivity contribution in [3.8, 4) is 11.1 Å². The van der Waals surface area contributed by atoms with Crippen LogP contribution in [0.3, 0.4) is 0 Å². The second-order valence-electron chi connectivity index (χ2n) is 10.1. The first-order valence-corrected chi connectivity index (χ1v) is 13.1. The van der Waals surface area contributed by atoms with Gasteiger partial charge in [0.1, 0.15) is 0 Å². The average molecular weight is 488 g/mol. The Morgan fingerprint density at radius 1 is 0.865 bits per heavy atom. The first-order valence-electron chi connectivity index (χ1n) is 13.1. The lowest BCUT2D eigenvalue weighted by Crippen LogP contribution is -2.33. The van der Waals surface area contributed by atoms with Crippen molar-refractivity contribution < 1.29 is 9.90 Å². The smallest absolute Gasteiger partial charge is 0.335 e. The lowest BCUT2D eigenvalue weighted by atomic mass is 9.68. The second kappa shape index (κ2) is 10.6. The number of nitrogens with zero attached hydrogens (tertiary/aromatic N) is 1. The lowest BCUT2D eigenvalue weighted by Gasteiger charge is -2.39. The summed E-state index contributed by atoms with van der Waals surface area (Å²) in [7, 11) is 0. The Kier molecular flexibility index (Phi) is 7.05. The molecule has 0 fully saturated rings. The fourth-order valence-electron chi connectivity index (χ4n) is 6.07. The molecular formula is C34H33NO2. The molecule has 1 aliphatic rings. The molecular weight excluding hydrogens is 454 g/mol. The van der Waals surface area contributed by atoms with Crippen molar-refractivity contribution >= 4 is 11.7 Å². The van der Waals surface area contributed by atoms with Crippen LogP contribution in [0.25, 0.3) is 11.1 Å². The van der Waals surface area contributed by atoms with Gasteiger partial charge in [-0.3, -0.25) is 4.99 Å². The molecule has 0 spiro atoms. The standard InChI is InChI=1S/C34H33NO2/c1-3-24-21-22-31(30-20-11-10-19-29(30)26-15-12-16-27(23-26)33(36)37)35-34(2,28-17-8-5-9-18-28)32(24)25-13-6-4-7-14-25/h4-20,23-24,32H,3,21-22H2,1-2H3,(H,36,37). The van der Waals surface area contributed by atoms with E-state index >= 15 is 0 Å². The van der Waals surface area contributed by atoms with Crippen LogP contribution in [0.4, 0.5) is 0 Å². The number of carboxylic acids is 1. The van der Waals surface area contributed by atoms with Gasteiger partial charge in [0, 0.05) is 17.2 Å². The van der Waals surface area contributed by atoms with Crippen molar-refractivity contribution in [3.63, 3.8) is 0 Å². The Balaban J connectivity index is 1.71. The highest BCUT2D eigenvalue weighted by Crippen LogP contribution is 2.50. The van der Waals surface area contributed by atoms with Crippen molar-refractivity contribution in [1.82, 2.24) is 0 Å². The Hall–Kier alpha value is -3.98. The van der Waals surface area contributed by atoms with Gasteiger partial charge in [-0.15, -0.1) is 0 Å². The Morgan fingerprint density at radius 3 is 2.19 bits per heavy atom. The average Bonchev–Trinajstić information content (AvgIpc) is 3.10. The second-order valence-corrected chi connectivity index (χ2v) is 10.1. The minimum absolute atomic E-state index is 0.237. The van der Waals surface area contributed by atoms with Crippen molar-refractivity contribution in [2.24, 2.45) is 10.9 Å². The van der Waals surface area contributed by atoms with Crippen molar-refractivity contribution in [3.05, 3.63) is 131 Å². The number of aromatic carboxylic acids is 1. The van der Waals surface area contributed by atoms with Crippen LogP contribution >= 0.6 is 0 Å². The summed E-state index contributed by atoms with van der Waals surface area (Å²) in [5.74, 6) is -0.211. The Bertz CT molecular complexity index is 1410. The first kappa shape index (κ1) is 24.7. The summed E-state index contributed by atoms with van der Waals surface area (Å²) in [5.41, 5.74) is 6.46. The molecule has 0 amide bonds. The van der Waals surface area contributed by atoms with E-state index in [1.807, 2.05) is 18.2 Å². The normalized spacial score (nSPS) is 21.6. The molecule has 3 nitrogen and oxygen atoms in total. The molecule has 0 aromatic heterocycles. The van der Waals surface area contributed by atoms with Gasteiger partial charge in [0.2, 0.25) is 0 Å². The van der Waals surface area contributed by atoms with Gasteiger partial charge in [0.25, 0.3) is 0 Å². The van der Waals surface area contributed by atoms with Crippen molar-refractivity contribution in [2.75, 3.05) is 0 Å². The van der Waals surface area contributed by atoms with Crippen LogP contribution in [0.5, 0.6) is 0 Å². The molecule has 186 valence electrons. The van der Waals surface area contributed by atoms with E-state index < -0.39 is 11.5 Å². The zero-order valence-electron chi connectivity index (χ0n) is 21.5. The van der Waals surface area contributed by atoms with Gasteiger partial charge in [-0.2, -0.15) is 0 Å². The number of carbonyl (C=O) groups is 1. The summed E-state index contributed by atoms with van der Waals surface area (Å²) in [6.45, 7) is 4.59. The molecule has 4 aromatic rings. The van der Waals surface area contributed by atoms with E-state index in [9.17, 15) is 9.90 Å². The van der Waals surface area contributed by atoms with E-state index in [1.165, 1.54) is 11.1 Å². The van der Waals surface area contributed by atoms with Crippen molar-refractivity contribution in [1.29, 1.82) is 0 Å². The Morgan fingerprint density at radius 2 is 1.51 bits per heavy atom. The van der Waals surface area contributed by atoms with E-state index in [0.29, 0.717) is 11.5 Å². The van der Waals surface area contributed by atoms with Crippen LogP contribution < -0.4 is 0 Å². The van der Waals surface area contributed by atoms with E-state index in [0.717, 1.165) is 41.7 Å². The highest BCUT2D eigenvalue weighted by Gasteiger charge is 2.43. The molecule has 0 bridgehead atoms. The fourth-order valence-corrected chi connectivity index (χ4v) is 6.07. The quantitative estimate of drug-likeness (QED) is 0.297. The molecule has 1 aliphatic heterocycles. The Labute approximate surface area is 219 Å². The zero-order chi connectivity index (χ0) is 25.8. The maximum atomic E-state index is 11.7. The molecule has 3 atom stereocenters. The largest absolute Gasteiger partial charge is 0.478 e. The number of rotatable bonds is 6. The van der Waals surface area contributed by atoms with Crippen LogP contribution in [0, 0.1) is 5.92 Å². The number of aliphatic imine (C=N–C) groups is 1. The predicted molar refractivity (Wildman–Crippen MR) is 151 cm³/mol. The third-order valence-corrected chi connectivity index (χ3v) is 7.90. The van der Waals surface area contributed by atoms with Crippen LogP contribution in [-0.2, 0) is 5.54 Å². The van der Waals surface area contributed by atoms with E-state index in [4.69, 9.17) is 4.99 Å². The van der Waals surface area contributed by atoms with Crippen molar-refractivity contribution in [2.45, 2.75) is 44.6 Å². The molecule has 0 saturated heterocycles. The highest BCUT2D eigenvalue weighted by molar-refractivity contribution is 6.06. The molecule has 4 aromatic carbocycles. The topological polar surface area (TPSA) is 49.7 Å². The predicted octanol–water partition coefficient (Wildman–Crippen LogP) is 8.36. The van der Waals surface area contributed by atoms with E-state index in [-0.39, 0.29) is 5.92 Å². The zero-order valence-corrected chi connectivity index (χ0v) is 21.5. The van der Waals surface area contributed by atoms with Gasteiger partial charge in [0.05, 0.1) is 11.1 Å². The molecule has 37 heavy (non-hydrogen) atoms. The first-order chi connectivity index (χ1) is 18.0. The van der Waals surface area contributed by atoms with Gasteiger partial charge in [-0.05, 0) is 60.1 Å². The van der Waals surface area contributed by atoms with Crippen LogP contribution in [0.2, 0.25) is 0 Å². The molecule has 0 aliphatic carbocycles. The molecule has 3 unspecified atom stereocenters. The monoisotopic (exact) mass is 487 g/mol. The molecule has 3 heteroatoms. The van der Waals surface area contributed by atoms with Gasteiger partial charge in [0.15, 0.2) is 0 Å². The number of carboxylic acid groups (broad SMARTS) is 1. The van der Waals surface area contributed by atoms with E-state index in [2.05, 4.69) is 92.7 Å². The summed E-state index contributed by atoms with van der Waals surface area (Å²) in [4.78, 5) is 17.3. The van der Waals surface area contributed by atoms with Gasteiger partial charge in [-0.25, -0.2) is 4.79 Å². The molecule has 0 saturated carbocycles. The van der Waals surface area contributed by atoms with E-state index in [1.54, 1.807) is 12.1 Å². The molecule has 1 heterocycles. The molecule has 5 rings (SSSR count). The highest BCUT2D eigenvalue weighted by atomic mass is 16.4. The van der Waals surface area contributed by atoms with Crippen LogP contribution in [0.1, 0.15) is 66.1 Å². The van der Waals surface area contributed by atoms with Gasteiger partial charge < -0.3 is 5.11 Å². The van der Waals surface area contributed by atoms with Crippen LogP contribution in [-0.4, -0.2) is 16.8 Å². The third kappa shape index (κ3) is 4.86. The molecule has 1 N–H and O–H groups in total. The number of hydrogen-bond donors (Lipinski definition) is 1. The minimum Gasteiger partial charge on any atom is -0.478 e. The van der Waals surface area contributed by atoms with Gasteiger partial charge in [-0.1, -0.05) is 110 Å².